The Bertz CT molecular complexity index is 3240. The maximum Gasteiger partial charge on any atom is 0.184 e. The van der Waals surface area contributed by atoms with Crippen LogP contribution in [0.25, 0.3) is 0 Å². The predicted molar refractivity (Wildman–Crippen MR) is 413 cm³/mol. The van der Waals surface area contributed by atoms with Crippen molar-refractivity contribution in [3.63, 3.8) is 0 Å². The molecule has 0 aromatic rings. The van der Waals surface area contributed by atoms with Gasteiger partial charge in [0.15, 0.2) is 58.9 Å². The monoisotopic (exact) mass is 1840 g/mol. The summed E-state index contributed by atoms with van der Waals surface area (Å²) >= 11 is 11.9. The first-order valence-corrected chi connectivity index (χ1v) is 46.3. The van der Waals surface area contributed by atoms with E-state index in [1.54, 1.807) is 69.4 Å². The fraction of sp³-hybridized carbons (Fsp3) is 0.973. The summed E-state index contributed by atoms with van der Waals surface area (Å²) in [4.78, 5) is 0.509. The van der Waals surface area contributed by atoms with Crippen molar-refractivity contribution >= 4 is 70.2 Å². The van der Waals surface area contributed by atoms with Gasteiger partial charge in [-0.3, -0.25) is 8.37 Å². The second-order valence-electron chi connectivity index (χ2n) is 34.2. The predicted octanol–water partition coefficient (Wildman–Crippen LogP) is 3.09. The van der Waals surface area contributed by atoms with Crippen molar-refractivity contribution in [2.45, 2.75) is 366 Å². The molecule has 0 aromatic heterocycles. The molecule has 37 nitrogen and oxygen atoms in total. The molecular formula is C73H130Cl2O37S3Se. The van der Waals surface area contributed by atoms with Gasteiger partial charge in [0.1, 0.15) is 110 Å². The summed E-state index contributed by atoms with van der Waals surface area (Å²) in [5.74, 6) is -5.28. The number of methoxy groups -OCH3 is 1. The SMILES string of the molecule is C=C(C)OC.CC1(C)OC[C@@H](O)[C@H]([C@@H]2OC(C)(C)O[C@@H]2CO)O1.CC1(C)OC[C@@H](OS(C)(=O)=O)[C@H]([C@@H]2OC(C)(C)O[C@@H]2COS(C)(=O)=O)O1.CC1(C)OC[C@@H]2SC[C@H]3OC(C)(C)O[C@H]3[C@@H]2O1.CC1(C)OC[C@@H]2[Se]C[C@H]3OC(C)(C)O[C@H]3[C@@H]2O1.CC1(C)OC[C@H]2OC(O)[C@H]3OC(C)(C)O[C@H]3[C@@H]2O1.ClCCl.OC[C@H]1OC(O)[C@@H](O)[C@@H](O)[C@@H]1O. The van der Waals surface area contributed by atoms with Crippen LogP contribution < -0.4 is 0 Å². The number of rotatable bonds is 10. The molecule has 116 heavy (non-hydrogen) atoms. The third-order valence-electron chi connectivity index (χ3n) is 19.3. The number of thioether (sulfide) groups is 1. The van der Waals surface area contributed by atoms with Gasteiger partial charge in [-0.05, 0) is 118 Å². The van der Waals surface area contributed by atoms with E-state index in [9.17, 15) is 32.2 Å². The Morgan fingerprint density at radius 1 is 0.431 bits per heavy atom. The van der Waals surface area contributed by atoms with Crippen LogP contribution in [0.3, 0.4) is 0 Å². The van der Waals surface area contributed by atoms with E-state index < -0.39 is 177 Å². The van der Waals surface area contributed by atoms with E-state index in [0.717, 1.165) is 42.6 Å². The van der Waals surface area contributed by atoms with Gasteiger partial charge in [-0.1, -0.05) is 6.58 Å². The fourth-order valence-corrected chi connectivity index (χ4v) is 19.4. The molecule has 14 heterocycles. The first-order chi connectivity index (χ1) is 53.1. The number of alkyl halides is 2. The molecule has 0 saturated carbocycles. The van der Waals surface area contributed by atoms with Crippen molar-refractivity contribution in [1.29, 1.82) is 0 Å². The van der Waals surface area contributed by atoms with E-state index in [2.05, 4.69) is 16.1 Å². The quantitative estimate of drug-likeness (QED) is 0.0674. The largest absolute Gasteiger partial charge is 0.394 e. The molecule has 0 aromatic carbocycles. The minimum absolute atomic E-state index is 0.0411. The Labute approximate surface area is 702 Å². The summed E-state index contributed by atoms with van der Waals surface area (Å²) in [6.07, 6.45) is -12.9. The number of aliphatic hydroxyl groups excluding tert-OH is 8. The summed E-state index contributed by atoms with van der Waals surface area (Å²) in [5.41, 5.74) is 0. The van der Waals surface area contributed by atoms with E-state index >= 15 is 0 Å². The summed E-state index contributed by atoms with van der Waals surface area (Å²) in [6.45, 7) is 43.1. The zero-order valence-corrected chi connectivity index (χ0v) is 76.5. The van der Waals surface area contributed by atoms with Crippen LogP contribution in [0, 0.1) is 0 Å². The standard InChI is InChI=1S/C14H26O10S2.C12H20O6.C12H22O6.C12H20O4S.C12H20O4Se.C6H12O6.C4H8O.CH2Cl2/c1-13(2)19-7-10(24-26(6,17)18)12(22-13)11-9(8-20-25(5,15)16)21-14(3,4)23-11;1-11(2)14-5-6-7(16-11)8-9(10(13)15-6)18-12(3,4)17-8;1-11(2)15-6-7(14)9(17-11)10-8(5-13)16-12(3,4)18-10;2*1-11(2)13-5-8-10(16-11)9-7(6-17-8)14-12(3,4)15-9;7-1-2-3(8)4(9)5(10)6(11)12-2;1-4(2)5-3;2-1-3/h9-12H,7-8H2,1-6H3;6-10,13H,5H2,1-4H3;7-10,13-14H,5-6H2,1-4H3;2*7-10H,5-6H2,1-4H3;2-11H,1H2;1H2,2-3H3;1H2/t9-,10-,11-,12-;6-,7-,8+,9+,10?;7-,8-,9-,10-;2*7-,8+,9-,10-;2-,3-,4+,5+,6?;;/m111111../s1. The third kappa shape index (κ3) is 29.9. The van der Waals surface area contributed by atoms with Crippen molar-refractivity contribution in [1.82, 2.24) is 0 Å². The topological polar surface area (TPSA) is 461 Å². The average Bonchev–Trinajstić information content (AvgIpc) is 1.59. The Morgan fingerprint density at radius 2 is 0.836 bits per heavy atom. The van der Waals surface area contributed by atoms with E-state index in [1.165, 1.54) is 0 Å². The summed E-state index contributed by atoms with van der Waals surface area (Å²) in [7, 11) is -5.89. The van der Waals surface area contributed by atoms with Gasteiger partial charge < -0.3 is 131 Å². The Kier molecular flexibility index (Phi) is 36.0. The molecule has 0 amide bonds. The molecule has 0 aliphatic carbocycles. The van der Waals surface area contributed by atoms with E-state index in [4.69, 9.17) is 157 Å². The van der Waals surface area contributed by atoms with Crippen LogP contribution in [0.4, 0.5) is 0 Å². The minimum Gasteiger partial charge on any atom is -0.394 e. The maximum absolute atomic E-state index is 11.6. The van der Waals surface area contributed by atoms with Crippen LogP contribution in [0.1, 0.15) is 145 Å². The fourth-order valence-electron chi connectivity index (χ4n) is 14.5. The van der Waals surface area contributed by atoms with Gasteiger partial charge in [0.25, 0.3) is 20.2 Å². The van der Waals surface area contributed by atoms with Crippen molar-refractivity contribution in [2.24, 2.45) is 0 Å². The smallest absolute Gasteiger partial charge is 0.184 e. The molecule has 14 aliphatic heterocycles. The molecule has 0 spiro atoms. The number of aliphatic hydroxyl groups is 8. The second kappa shape index (κ2) is 40.7. The van der Waals surface area contributed by atoms with Gasteiger partial charge in [-0.15, -0.1) is 23.2 Å². The molecule has 14 rings (SSSR count). The molecule has 26 atom stereocenters. The molecule has 682 valence electrons. The molecule has 0 bridgehead atoms. The molecule has 8 N–H and O–H groups in total. The van der Waals surface area contributed by atoms with Crippen LogP contribution >= 0.6 is 35.0 Å². The van der Waals surface area contributed by atoms with Gasteiger partial charge in [-0.2, -0.15) is 28.6 Å². The van der Waals surface area contributed by atoms with Crippen LogP contribution in [0.5, 0.6) is 0 Å². The second-order valence-corrected chi connectivity index (χ2v) is 42.2. The van der Waals surface area contributed by atoms with Gasteiger partial charge in [0, 0.05) is 5.75 Å². The van der Waals surface area contributed by atoms with Gasteiger partial charge in [0.05, 0.1) is 88.3 Å². The Hall–Kier alpha value is -0.391. The molecule has 0 radical (unpaired) electrons. The Balaban J connectivity index is 0.000000191. The minimum atomic E-state index is -3.79. The maximum atomic E-state index is 11.6. The van der Waals surface area contributed by atoms with Crippen LogP contribution in [-0.4, -0.2) is 366 Å². The first kappa shape index (κ1) is 103. The molecule has 43 heteroatoms. The summed E-state index contributed by atoms with van der Waals surface area (Å²) in [6, 6.07) is 0. The van der Waals surface area contributed by atoms with Crippen LogP contribution in [0.2, 0.25) is 10.1 Å². The van der Waals surface area contributed by atoms with Crippen molar-refractivity contribution in [2.75, 3.05) is 83.6 Å². The zero-order chi connectivity index (χ0) is 87.5. The third-order valence-corrected chi connectivity index (χ3v) is 24.6. The number of ether oxygens (including phenoxy) is 23. The van der Waals surface area contributed by atoms with Gasteiger partial charge in [-0.25, -0.2) is 0 Å². The van der Waals surface area contributed by atoms with Crippen molar-refractivity contribution in [3.05, 3.63) is 12.3 Å². The molecule has 14 saturated heterocycles. The Morgan fingerprint density at radius 3 is 1.37 bits per heavy atom. The zero-order valence-electron chi connectivity index (χ0n) is 70.8. The van der Waals surface area contributed by atoms with Crippen LogP contribution in [-0.2, 0) is 138 Å². The number of allylic oxidation sites excluding steroid dienone is 1. The molecular weight excluding hydrogens is 1710 g/mol. The average molecular weight is 1850 g/mol. The number of halogens is 2. The summed E-state index contributed by atoms with van der Waals surface area (Å²) < 4.78 is 186. The first-order valence-electron chi connectivity index (χ1n) is 38.3. The summed E-state index contributed by atoms with van der Waals surface area (Å²) in [5, 5.41) is 75.6. The molecule has 2 unspecified atom stereocenters. The number of hydrogen-bond donors (Lipinski definition) is 8. The normalized spacial score (nSPS) is 41.5. The van der Waals surface area contributed by atoms with Gasteiger partial charge in [0.2, 0.25) is 0 Å². The van der Waals surface area contributed by atoms with Crippen LogP contribution in [0.15, 0.2) is 12.3 Å². The van der Waals surface area contributed by atoms with E-state index in [1.807, 2.05) is 94.8 Å². The van der Waals surface area contributed by atoms with Crippen molar-refractivity contribution < 1.29 is 175 Å². The molecule has 14 fully saturated rings. The molecule has 14 aliphatic rings. The number of fused-ring (bicyclic) bond motifs is 9. The van der Waals surface area contributed by atoms with Gasteiger partial charge >= 0.3 is 108 Å². The van der Waals surface area contributed by atoms with E-state index in [-0.39, 0.29) is 86.7 Å². The van der Waals surface area contributed by atoms with Crippen molar-refractivity contribution in [3.8, 4) is 0 Å². The van der Waals surface area contributed by atoms with E-state index in [0.29, 0.717) is 31.6 Å². The number of hydrogen-bond acceptors (Lipinski definition) is 38.